The molecule has 0 bridgehead atoms. The first-order valence-electron chi connectivity index (χ1n) is 51.9. The second kappa shape index (κ2) is 56.5. The number of hydrogen-bond donors (Lipinski definition) is 6. The summed E-state index contributed by atoms with van der Waals surface area (Å²) in [7, 11) is 0. The molecule has 0 saturated carbocycles. The molecule has 6 saturated heterocycles. The third kappa shape index (κ3) is 32.5. The van der Waals surface area contributed by atoms with Crippen molar-refractivity contribution in [3.05, 3.63) is 432 Å². The topological polar surface area (TPSA) is 314 Å². The summed E-state index contributed by atoms with van der Waals surface area (Å²) in [4.78, 5) is 92.9. The van der Waals surface area contributed by atoms with Crippen LogP contribution in [-0.4, -0.2) is 227 Å². The van der Waals surface area contributed by atoms with Gasteiger partial charge in [-0.1, -0.05) is 244 Å². The first kappa shape index (κ1) is 109. The van der Waals surface area contributed by atoms with E-state index in [1.807, 2.05) is 236 Å². The number of hydrogen-bond acceptors (Lipinski definition) is 24. The Labute approximate surface area is 880 Å². The predicted octanol–water partition coefficient (Wildman–Crippen LogP) is 15.5. The van der Waals surface area contributed by atoms with E-state index in [0.29, 0.717) is 114 Å². The molecule has 0 atom stereocenters. The van der Waals surface area contributed by atoms with Gasteiger partial charge in [-0.25, -0.2) is 0 Å². The van der Waals surface area contributed by atoms with Gasteiger partial charge in [-0.15, -0.1) is 10.2 Å². The van der Waals surface area contributed by atoms with Crippen LogP contribution in [0.5, 0.6) is 34.5 Å². The lowest BCUT2D eigenvalue weighted by Gasteiger charge is -2.36. The van der Waals surface area contributed by atoms with Crippen LogP contribution in [0.25, 0.3) is 0 Å². The highest BCUT2D eigenvalue weighted by Gasteiger charge is 2.26. The molecular formula is C118H139ClN16O13S. The molecular weight excluding hydrogens is 1920 g/mol. The van der Waals surface area contributed by atoms with Gasteiger partial charge in [-0.3, -0.25) is 58.2 Å². The van der Waals surface area contributed by atoms with Gasteiger partial charge < -0.3 is 72.6 Å². The Bertz CT molecular complexity index is 6790. The van der Waals surface area contributed by atoms with Crippen LogP contribution in [0.4, 0.5) is 11.5 Å². The van der Waals surface area contributed by atoms with E-state index in [1.54, 1.807) is 61.5 Å². The zero-order valence-electron chi connectivity index (χ0n) is 85.2. The van der Waals surface area contributed by atoms with Crippen molar-refractivity contribution in [3.8, 4) is 34.5 Å². The van der Waals surface area contributed by atoms with Crippen molar-refractivity contribution < 1.29 is 35.4 Å². The van der Waals surface area contributed by atoms with E-state index in [2.05, 4.69) is 80.6 Å². The van der Waals surface area contributed by atoms with E-state index >= 15 is 0 Å². The fraction of sp³-hybridized carbons (Fsp3) is 0.356. The van der Waals surface area contributed by atoms with Gasteiger partial charge in [0, 0.05) is 206 Å². The van der Waals surface area contributed by atoms with E-state index in [-0.39, 0.29) is 67.9 Å². The molecule has 29 nitrogen and oxygen atoms in total. The number of morpholine rings is 1. The molecule has 6 N–H and O–H groups in total. The van der Waals surface area contributed by atoms with Crippen molar-refractivity contribution in [1.82, 2.24) is 67.0 Å². The number of nitrogens with zero attached hydrogens (tertiary/aromatic N) is 16. The van der Waals surface area contributed by atoms with E-state index < -0.39 is 0 Å². The van der Waals surface area contributed by atoms with Crippen molar-refractivity contribution in [3.63, 3.8) is 0 Å². The fourth-order valence-corrected chi connectivity index (χ4v) is 20.3. The van der Waals surface area contributed by atoms with E-state index in [9.17, 15) is 59.4 Å². The average molecular weight is 2060 g/mol. The first-order valence-corrected chi connectivity index (χ1v) is 53.5. The van der Waals surface area contributed by atoms with Crippen LogP contribution in [-0.2, 0) is 83.3 Å². The van der Waals surface area contributed by atoms with Gasteiger partial charge in [-0.2, -0.15) is 11.8 Å². The van der Waals surface area contributed by atoms with Crippen molar-refractivity contribution in [2.45, 2.75) is 143 Å². The molecule has 782 valence electrons. The SMILES string of the molecule is Cc1ccccc1N1CCN(Cc2ccn(Cc3ccccc3)c(=O)c2O)CC1.O=c1c(O)c(CN2CCCCCC2)ccn1Cc1ccccc1.O=c1c(O)c(CN2CCCCCCC2)ccn1Cc1ccccc1.O=c1c(O)c(CN2CCN(c3ccc(Cl)nn3)CC2)ccn1Cc1ccccc1.O=c1c(O)c(CN2CCOCC2)ccn1Cc1ccccc1.O=c1c(O)c(CN2CCSCC2)ccn1Cc1ccccc1. The molecule has 7 aromatic carbocycles. The smallest absolute Gasteiger partial charge is 0.293 e. The molecule has 0 aliphatic carbocycles. The molecule has 0 unspecified atom stereocenters. The van der Waals surface area contributed by atoms with Gasteiger partial charge in [0.15, 0.2) is 45.5 Å². The zero-order chi connectivity index (χ0) is 104. The minimum Gasteiger partial charge on any atom is -0.503 e. The number of aryl methyl sites for hydroxylation is 1. The maximum absolute atomic E-state index is 12.6. The number of thioether (sulfide) groups is 1. The number of anilines is 2. The number of halogens is 1. The number of likely N-dealkylation sites (tertiary alicyclic amines) is 2. The summed E-state index contributed by atoms with van der Waals surface area (Å²) < 4.78 is 14.6. The van der Waals surface area contributed by atoms with Gasteiger partial charge in [0.2, 0.25) is 0 Å². The second-order valence-electron chi connectivity index (χ2n) is 38.7. The molecule has 7 aromatic heterocycles. The molecule has 6 aliphatic heterocycles. The van der Waals surface area contributed by atoms with Crippen LogP contribution in [0.3, 0.4) is 0 Å². The van der Waals surface area contributed by atoms with Crippen LogP contribution in [0.2, 0.25) is 5.15 Å². The molecule has 6 aliphatic rings. The second-order valence-corrected chi connectivity index (χ2v) is 40.3. The monoisotopic (exact) mass is 2060 g/mol. The predicted molar refractivity (Wildman–Crippen MR) is 591 cm³/mol. The Morgan fingerprint density at radius 1 is 0.255 bits per heavy atom. The molecule has 0 amide bonds. The van der Waals surface area contributed by atoms with Crippen molar-refractivity contribution >= 4 is 34.9 Å². The normalized spacial score (nSPS) is 15.6. The Morgan fingerprint density at radius 2 is 0.497 bits per heavy atom. The maximum atomic E-state index is 12.6. The number of para-hydroxylation sites is 1. The average Bonchev–Trinajstić information content (AvgIpc) is 0.910. The number of benzene rings is 7. The van der Waals surface area contributed by atoms with Gasteiger partial charge in [0.1, 0.15) is 0 Å². The molecule has 0 spiro atoms. The minimum atomic E-state index is -0.360. The number of piperazine rings is 2. The molecule has 31 heteroatoms. The van der Waals surface area contributed by atoms with Crippen LogP contribution < -0.4 is 43.2 Å². The first-order chi connectivity index (χ1) is 72.7. The number of aromatic nitrogens is 8. The summed E-state index contributed by atoms with van der Waals surface area (Å²) in [6.45, 7) is 24.8. The molecule has 13 heterocycles. The molecule has 14 aromatic rings. The largest absolute Gasteiger partial charge is 0.503 e. The van der Waals surface area contributed by atoms with E-state index in [0.717, 1.165) is 172 Å². The Kier molecular flexibility index (Phi) is 41.4. The van der Waals surface area contributed by atoms with Crippen LogP contribution in [0.1, 0.15) is 130 Å². The Hall–Kier alpha value is -13.9. The summed E-state index contributed by atoms with van der Waals surface area (Å²) in [5.41, 5.74) is 11.1. The van der Waals surface area contributed by atoms with Crippen LogP contribution in [0.15, 0.2) is 321 Å². The molecule has 6 fully saturated rings. The molecule has 149 heavy (non-hydrogen) atoms. The fourth-order valence-electron chi connectivity index (χ4n) is 19.2. The Morgan fingerprint density at radius 3 is 0.765 bits per heavy atom. The third-order valence-electron chi connectivity index (χ3n) is 27.9. The van der Waals surface area contributed by atoms with Gasteiger partial charge in [0.25, 0.3) is 33.4 Å². The lowest BCUT2D eigenvalue weighted by atomic mass is 10.1. The maximum Gasteiger partial charge on any atom is 0.293 e. The van der Waals surface area contributed by atoms with Crippen LogP contribution in [0, 0.1) is 6.92 Å². The highest BCUT2D eigenvalue weighted by Crippen LogP contribution is 2.28. The highest BCUT2D eigenvalue weighted by molar-refractivity contribution is 7.99. The number of ether oxygens (including phenoxy) is 1. The molecule has 0 radical (unpaired) electrons. The summed E-state index contributed by atoms with van der Waals surface area (Å²) in [6, 6.07) is 81.9. The quantitative estimate of drug-likeness (QED) is 0.0293. The van der Waals surface area contributed by atoms with Gasteiger partial charge in [-0.05, 0) is 152 Å². The highest BCUT2D eigenvalue weighted by atomic mass is 35.5. The summed E-state index contributed by atoms with van der Waals surface area (Å²) in [5.74, 6) is 2.27. The van der Waals surface area contributed by atoms with Crippen molar-refractivity contribution in [1.29, 1.82) is 0 Å². The lowest BCUT2D eigenvalue weighted by Crippen LogP contribution is -2.46. The Balaban J connectivity index is 0.000000134. The van der Waals surface area contributed by atoms with Crippen molar-refractivity contribution in [2.24, 2.45) is 0 Å². The summed E-state index contributed by atoms with van der Waals surface area (Å²) in [5, 5.41) is 70.4. The summed E-state index contributed by atoms with van der Waals surface area (Å²) >= 11 is 7.75. The van der Waals surface area contributed by atoms with Gasteiger partial charge >= 0.3 is 0 Å². The number of aromatic hydroxyl groups is 6. The molecule has 20 rings (SSSR count). The van der Waals surface area contributed by atoms with Gasteiger partial charge in [0.05, 0.1) is 52.5 Å². The lowest BCUT2D eigenvalue weighted by molar-refractivity contribution is 0.0338. The van der Waals surface area contributed by atoms with E-state index in [4.69, 9.17) is 16.3 Å². The van der Waals surface area contributed by atoms with Crippen LogP contribution >= 0.6 is 23.4 Å². The zero-order valence-corrected chi connectivity index (χ0v) is 86.8. The third-order valence-corrected chi connectivity index (χ3v) is 29.0. The minimum absolute atomic E-state index is 0.101. The van der Waals surface area contributed by atoms with E-state index in [1.165, 1.54) is 78.2 Å². The number of rotatable bonds is 26. The number of pyridine rings is 6. The van der Waals surface area contributed by atoms with Crippen molar-refractivity contribution in [2.75, 3.05) is 139 Å². The standard InChI is InChI=1S/C24H27N3O2.C21H22ClN5O2.C20H26N2O2.C19H24N2O2.C17H20N2O3.C17H20N2O2S/c1-19-7-5-6-10-22(19)26-15-13-25(14-16-26)18-21-11-12-27(24(29)23(21)28)17-20-8-3-2-4-9-20;22-18-6-7-19(24-23-18)26-12-10-25(11-13-26)15-17-8-9-27(21(29)20(17)28)14-16-4-2-1-3-5-16;23-19-18(16-21-12-7-2-1-3-8-13-21)11-14-22(20(19)24)15-17-9-5-4-6-10-17;22-18-17(15-20-11-6-1-2-7-12-20)10-13-21(19(18)23)14-16-8-4-3-5-9-16;2*20-16-15(13-18-8-10-22-11-9-18)6-7-19(17(16)21)12-14-4-2-1-3-5-14/h2-12,28H,13-18H2,1H3;1-9,28H,10-15H2;4-6,9-11,14,23H,1-3,7-8,12-13,15-16H2;3-5,8-10,13,22H,1-2,6-7,11-12,14-15H2;2*1-7,20H,8-13H2. The summed E-state index contributed by atoms with van der Waals surface area (Å²) in [6.07, 6.45) is 21.9.